The smallest absolute Gasteiger partial charge is 0.307 e. The fourth-order valence-electron chi connectivity index (χ4n) is 2.01. The van der Waals surface area contributed by atoms with E-state index in [0.29, 0.717) is 5.75 Å². The van der Waals surface area contributed by atoms with Crippen LogP contribution in [-0.4, -0.2) is 53.5 Å². The third kappa shape index (κ3) is 5.08. The van der Waals surface area contributed by atoms with E-state index < -0.39 is 6.04 Å². The molecular weight excluding hydrogens is 292 g/mol. The number of hydrogen-bond donors (Lipinski definition) is 1. The number of nitrogens with zero attached hydrogens (tertiary/aromatic N) is 1. The van der Waals surface area contributed by atoms with Gasteiger partial charge in [-0.25, -0.2) is 0 Å². The van der Waals surface area contributed by atoms with Gasteiger partial charge in [-0.3, -0.25) is 14.4 Å². The molecule has 6 nitrogen and oxygen atoms in total. The van der Waals surface area contributed by atoms with E-state index >= 15 is 0 Å². The lowest BCUT2D eigenvalue weighted by Gasteiger charge is -2.25. The van der Waals surface area contributed by atoms with Crippen molar-refractivity contribution in [3.63, 3.8) is 0 Å². The molecule has 2 atom stereocenters. The number of thioether (sulfide) groups is 1. The summed E-state index contributed by atoms with van der Waals surface area (Å²) in [5.41, 5.74) is 0.897. The molecule has 0 spiro atoms. The molecular formula is C14H22N2O4S. The third-order valence-corrected chi connectivity index (χ3v) is 4.27. The van der Waals surface area contributed by atoms with Crippen LogP contribution in [0.5, 0.6) is 0 Å². The van der Waals surface area contributed by atoms with Crippen molar-refractivity contribution >= 4 is 29.5 Å². The predicted octanol–water partition coefficient (Wildman–Crippen LogP) is 0.922. The van der Waals surface area contributed by atoms with Gasteiger partial charge in [0, 0.05) is 18.4 Å². The van der Waals surface area contributed by atoms with Crippen LogP contribution in [0.4, 0.5) is 0 Å². The van der Waals surface area contributed by atoms with Crippen molar-refractivity contribution in [1.82, 2.24) is 10.2 Å². The summed E-state index contributed by atoms with van der Waals surface area (Å²) in [5, 5.41) is 2.64. The molecule has 0 radical (unpaired) electrons. The van der Waals surface area contributed by atoms with E-state index in [1.165, 1.54) is 13.2 Å². The molecule has 1 aliphatic heterocycles. The number of esters is 1. The fraction of sp³-hybridized carbons (Fsp3) is 0.643. The van der Waals surface area contributed by atoms with Gasteiger partial charge in [-0.2, -0.15) is 0 Å². The number of ether oxygens (including phenoxy) is 1. The Morgan fingerprint density at radius 1 is 1.38 bits per heavy atom. The summed E-state index contributed by atoms with van der Waals surface area (Å²) in [6.07, 6.45) is 1.66. The van der Waals surface area contributed by atoms with Gasteiger partial charge in [0.15, 0.2) is 0 Å². The molecule has 1 saturated heterocycles. The maximum absolute atomic E-state index is 12.2. The number of hydrogen-bond acceptors (Lipinski definition) is 5. The number of carbonyl (C=O) groups is 3. The number of rotatable bonds is 5. The normalized spacial score (nSPS) is 20.9. The highest BCUT2D eigenvalue weighted by Crippen LogP contribution is 2.29. The van der Waals surface area contributed by atoms with E-state index in [9.17, 15) is 14.4 Å². The van der Waals surface area contributed by atoms with Crippen LogP contribution in [0, 0.1) is 0 Å². The second kappa shape index (κ2) is 8.07. The SMILES string of the molecule is COC(=O)CCNC(=O)[C@@H]1CS[C@@H](C)N1C(=O)C=C(C)C. The Bertz CT molecular complexity index is 446. The zero-order valence-electron chi connectivity index (χ0n) is 12.8. The van der Waals surface area contributed by atoms with Gasteiger partial charge in [-0.05, 0) is 20.8 Å². The number of methoxy groups -OCH3 is 1. The topological polar surface area (TPSA) is 75.7 Å². The Morgan fingerprint density at radius 3 is 2.62 bits per heavy atom. The molecule has 7 heteroatoms. The van der Waals surface area contributed by atoms with Gasteiger partial charge in [0.2, 0.25) is 11.8 Å². The van der Waals surface area contributed by atoms with Crippen LogP contribution < -0.4 is 5.32 Å². The van der Waals surface area contributed by atoms with Crippen LogP contribution in [-0.2, 0) is 19.1 Å². The highest BCUT2D eigenvalue weighted by atomic mass is 32.2. The van der Waals surface area contributed by atoms with Crippen molar-refractivity contribution in [3.05, 3.63) is 11.6 Å². The van der Waals surface area contributed by atoms with Crippen LogP contribution in [0.3, 0.4) is 0 Å². The molecule has 0 aromatic heterocycles. The van der Waals surface area contributed by atoms with Crippen LogP contribution >= 0.6 is 11.8 Å². The fourth-order valence-corrected chi connectivity index (χ4v) is 3.19. The molecule has 1 aliphatic rings. The first kappa shape index (κ1) is 17.6. The molecule has 1 heterocycles. The van der Waals surface area contributed by atoms with Crippen molar-refractivity contribution in [2.24, 2.45) is 0 Å². The minimum absolute atomic E-state index is 0.0375. The van der Waals surface area contributed by atoms with Gasteiger partial charge in [-0.1, -0.05) is 5.57 Å². The van der Waals surface area contributed by atoms with Crippen molar-refractivity contribution in [2.45, 2.75) is 38.6 Å². The zero-order chi connectivity index (χ0) is 16.0. The minimum atomic E-state index is -0.495. The van der Waals surface area contributed by atoms with Crippen LogP contribution in [0.1, 0.15) is 27.2 Å². The maximum atomic E-state index is 12.2. The quantitative estimate of drug-likeness (QED) is 0.603. The predicted molar refractivity (Wildman–Crippen MR) is 81.6 cm³/mol. The van der Waals surface area contributed by atoms with Crippen molar-refractivity contribution in [1.29, 1.82) is 0 Å². The molecule has 1 fully saturated rings. The lowest BCUT2D eigenvalue weighted by atomic mass is 10.2. The second-order valence-electron chi connectivity index (χ2n) is 5.03. The van der Waals surface area contributed by atoms with Gasteiger partial charge < -0.3 is 15.0 Å². The first-order valence-electron chi connectivity index (χ1n) is 6.80. The second-order valence-corrected chi connectivity index (χ2v) is 6.38. The van der Waals surface area contributed by atoms with E-state index in [1.807, 2.05) is 20.8 Å². The lowest BCUT2D eigenvalue weighted by molar-refractivity contribution is -0.141. The number of allylic oxidation sites excluding steroid dienone is 1. The first-order valence-corrected chi connectivity index (χ1v) is 7.85. The summed E-state index contributed by atoms with van der Waals surface area (Å²) in [7, 11) is 1.30. The molecule has 1 N–H and O–H groups in total. The lowest BCUT2D eigenvalue weighted by Crippen LogP contribution is -2.49. The Hall–Kier alpha value is -1.50. The average molecular weight is 314 g/mol. The molecule has 0 aromatic rings. The number of carbonyl (C=O) groups excluding carboxylic acids is 3. The monoisotopic (exact) mass is 314 g/mol. The third-order valence-electron chi connectivity index (χ3n) is 3.05. The molecule has 0 aromatic carbocycles. The Balaban J connectivity index is 2.63. The highest BCUT2D eigenvalue weighted by molar-refractivity contribution is 8.00. The zero-order valence-corrected chi connectivity index (χ0v) is 13.7. The van der Waals surface area contributed by atoms with Gasteiger partial charge in [-0.15, -0.1) is 11.8 Å². The Morgan fingerprint density at radius 2 is 2.05 bits per heavy atom. The van der Waals surface area contributed by atoms with Crippen LogP contribution in [0.15, 0.2) is 11.6 Å². The maximum Gasteiger partial charge on any atom is 0.307 e. The van der Waals surface area contributed by atoms with Crippen LogP contribution in [0.25, 0.3) is 0 Å². The van der Waals surface area contributed by atoms with Crippen molar-refractivity contribution in [2.75, 3.05) is 19.4 Å². The molecule has 118 valence electrons. The Labute approximate surface area is 129 Å². The molecule has 1 rings (SSSR count). The minimum Gasteiger partial charge on any atom is -0.469 e. The van der Waals surface area contributed by atoms with Crippen molar-refractivity contribution < 1.29 is 19.1 Å². The summed E-state index contributed by atoms with van der Waals surface area (Å²) in [6.45, 7) is 5.81. The summed E-state index contributed by atoms with van der Waals surface area (Å²) in [6, 6.07) is -0.495. The molecule has 21 heavy (non-hydrogen) atoms. The highest BCUT2D eigenvalue weighted by Gasteiger charge is 2.38. The van der Waals surface area contributed by atoms with Gasteiger partial charge in [0.1, 0.15) is 6.04 Å². The summed E-state index contributed by atoms with van der Waals surface area (Å²) < 4.78 is 4.51. The summed E-state index contributed by atoms with van der Waals surface area (Å²) in [4.78, 5) is 37.0. The van der Waals surface area contributed by atoms with E-state index in [-0.39, 0.29) is 36.1 Å². The van der Waals surface area contributed by atoms with E-state index in [4.69, 9.17) is 0 Å². The Kier molecular flexibility index (Phi) is 6.74. The van der Waals surface area contributed by atoms with Gasteiger partial charge in [0.25, 0.3) is 0 Å². The van der Waals surface area contributed by atoms with Gasteiger partial charge in [0.05, 0.1) is 18.9 Å². The van der Waals surface area contributed by atoms with Gasteiger partial charge >= 0.3 is 5.97 Å². The number of amides is 2. The molecule has 2 amide bonds. The number of nitrogens with one attached hydrogen (secondary N) is 1. The molecule has 0 unspecified atom stereocenters. The molecule has 0 aliphatic carbocycles. The molecule has 0 bridgehead atoms. The molecule has 0 saturated carbocycles. The van der Waals surface area contributed by atoms with E-state index in [2.05, 4.69) is 10.1 Å². The van der Waals surface area contributed by atoms with Crippen LogP contribution in [0.2, 0.25) is 0 Å². The van der Waals surface area contributed by atoms with E-state index in [0.717, 1.165) is 5.57 Å². The largest absolute Gasteiger partial charge is 0.469 e. The summed E-state index contributed by atoms with van der Waals surface area (Å²) >= 11 is 1.56. The van der Waals surface area contributed by atoms with E-state index in [1.54, 1.807) is 16.7 Å². The van der Waals surface area contributed by atoms with Crippen molar-refractivity contribution in [3.8, 4) is 0 Å². The first-order chi connectivity index (χ1) is 9.86. The summed E-state index contributed by atoms with van der Waals surface area (Å²) in [5.74, 6) is -0.193. The standard InChI is InChI=1S/C14H22N2O4S/c1-9(2)7-12(17)16-10(3)21-8-11(16)14(19)15-6-5-13(18)20-4/h7,10-11H,5-6,8H2,1-4H3,(H,15,19)/t10-,11-/m0/s1. The average Bonchev–Trinajstić information content (AvgIpc) is 2.79.